The first-order chi connectivity index (χ1) is 11.2. The Morgan fingerprint density at radius 3 is 2.61 bits per heavy atom. The molecule has 1 atom stereocenters. The van der Waals surface area contributed by atoms with Gasteiger partial charge in [0.2, 0.25) is 5.91 Å². The summed E-state index contributed by atoms with van der Waals surface area (Å²) >= 11 is 0. The van der Waals surface area contributed by atoms with Gasteiger partial charge in [0, 0.05) is 24.1 Å². The van der Waals surface area contributed by atoms with Gasteiger partial charge in [-0.25, -0.2) is 0 Å². The van der Waals surface area contributed by atoms with Gasteiger partial charge in [-0.05, 0) is 37.3 Å². The Labute approximate surface area is 134 Å². The van der Waals surface area contributed by atoms with Gasteiger partial charge in [-0.15, -0.1) is 0 Å². The number of para-hydroxylation sites is 1. The molecule has 1 heterocycles. The molecule has 116 valence electrons. The number of hydrogen-bond donors (Lipinski definition) is 1. The van der Waals surface area contributed by atoms with E-state index < -0.39 is 0 Å². The number of amides is 1. The zero-order valence-corrected chi connectivity index (χ0v) is 12.7. The fourth-order valence-electron chi connectivity index (χ4n) is 2.14. The maximum Gasteiger partial charge on any atom is 0.248 e. The molecule has 0 spiro atoms. The predicted octanol–water partition coefficient (Wildman–Crippen LogP) is 3.88. The van der Waals surface area contributed by atoms with Gasteiger partial charge in [0.05, 0.1) is 0 Å². The molecule has 2 aromatic carbocycles. The number of benzene rings is 2. The second kappa shape index (κ2) is 6.79. The third-order valence-electron chi connectivity index (χ3n) is 3.38. The summed E-state index contributed by atoms with van der Waals surface area (Å²) in [6.07, 6.45) is 3.41. The highest BCUT2D eigenvalue weighted by molar-refractivity contribution is 5.93. The molecule has 3 rings (SSSR count). The van der Waals surface area contributed by atoms with Gasteiger partial charge < -0.3 is 10.1 Å². The van der Waals surface area contributed by atoms with E-state index in [-0.39, 0.29) is 11.9 Å². The summed E-state index contributed by atoms with van der Waals surface area (Å²) in [5.41, 5.74) is 0.683. The largest absolute Gasteiger partial charge is 0.457 e. The topological polar surface area (TPSA) is 56.1 Å². The molecule has 0 aliphatic rings. The number of rotatable bonds is 5. The van der Waals surface area contributed by atoms with Gasteiger partial charge in [0.15, 0.2) is 0 Å². The number of ether oxygens (including phenoxy) is 1. The molecule has 1 unspecified atom stereocenters. The number of hydrogen-bond acceptors (Lipinski definition) is 3. The molecule has 0 radical (unpaired) electrons. The van der Waals surface area contributed by atoms with Crippen LogP contribution in [0.3, 0.4) is 0 Å². The highest BCUT2D eigenvalue weighted by Crippen LogP contribution is 2.24. The van der Waals surface area contributed by atoms with Crippen molar-refractivity contribution in [3.63, 3.8) is 0 Å². The zero-order chi connectivity index (χ0) is 16.1. The number of nitrogens with zero attached hydrogens (tertiary/aromatic N) is 2. The summed E-state index contributed by atoms with van der Waals surface area (Å²) in [6, 6.07) is 18.2. The van der Waals surface area contributed by atoms with E-state index in [1.54, 1.807) is 36.1 Å². The summed E-state index contributed by atoms with van der Waals surface area (Å²) in [7, 11) is 0. The van der Waals surface area contributed by atoms with Crippen LogP contribution in [0.1, 0.15) is 13.0 Å². The average Bonchev–Trinajstić information content (AvgIpc) is 3.10. The molecular weight excluding hydrogens is 290 g/mol. The van der Waals surface area contributed by atoms with Crippen LogP contribution in [-0.4, -0.2) is 15.7 Å². The van der Waals surface area contributed by atoms with Crippen LogP contribution in [-0.2, 0) is 4.79 Å². The molecule has 0 fully saturated rings. The van der Waals surface area contributed by atoms with Gasteiger partial charge in [0.25, 0.3) is 0 Å². The maximum absolute atomic E-state index is 12.3. The van der Waals surface area contributed by atoms with Crippen LogP contribution in [0.2, 0.25) is 0 Å². The Balaban J connectivity index is 1.69. The molecule has 0 saturated carbocycles. The fraction of sp³-hybridized carbons (Fsp3) is 0.111. The highest BCUT2D eigenvalue weighted by Gasteiger charge is 2.15. The van der Waals surface area contributed by atoms with E-state index in [1.165, 1.54) is 0 Å². The first-order valence-corrected chi connectivity index (χ1v) is 7.35. The minimum absolute atomic E-state index is 0.134. The minimum atomic E-state index is -0.385. The van der Waals surface area contributed by atoms with Crippen LogP contribution < -0.4 is 10.1 Å². The Kier molecular flexibility index (Phi) is 4.38. The summed E-state index contributed by atoms with van der Waals surface area (Å²) in [6.45, 7) is 1.80. The van der Waals surface area contributed by atoms with Crippen LogP contribution in [0.15, 0.2) is 73.1 Å². The van der Waals surface area contributed by atoms with Crippen molar-refractivity contribution < 1.29 is 9.53 Å². The number of carbonyl (C=O) groups excluding carboxylic acids is 1. The molecule has 1 amide bonds. The highest BCUT2D eigenvalue weighted by atomic mass is 16.5. The van der Waals surface area contributed by atoms with Crippen molar-refractivity contribution in [3.05, 3.63) is 73.1 Å². The van der Waals surface area contributed by atoms with E-state index >= 15 is 0 Å². The third kappa shape index (κ3) is 3.77. The Morgan fingerprint density at radius 1 is 1.09 bits per heavy atom. The van der Waals surface area contributed by atoms with Gasteiger partial charge >= 0.3 is 0 Å². The molecule has 5 heteroatoms. The lowest BCUT2D eigenvalue weighted by molar-refractivity contribution is -0.119. The van der Waals surface area contributed by atoms with E-state index in [9.17, 15) is 4.79 Å². The number of anilines is 1. The Morgan fingerprint density at radius 2 is 1.87 bits per heavy atom. The second-order valence-corrected chi connectivity index (χ2v) is 5.09. The minimum Gasteiger partial charge on any atom is -0.457 e. The standard InChI is InChI=1S/C18H17N3O2/c1-14(21-12-6-11-19-21)18(22)20-15-7-5-10-17(13-15)23-16-8-3-2-4-9-16/h2-14H,1H3,(H,20,22). The number of carbonyl (C=O) groups is 1. The first kappa shape index (κ1) is 14.8. The lowest BCUT2D eigenvalue weighted by Gasteiger charge is -2.13. The smallest absolute Gasteiger partial charge is 0.248 e. The normalized spacial score (nSPS) is 11.7. The van der Waals surface area contributed by atoms with Crippen LogP contribution in [0.4, 0.5) is 5.69 Å². The van der Waals surface area contributed by atoms with Crippen molar-refractivity contribution in [1.29, 1.82) is 0 Å². The van der Waals surface area contributed by atoms with E-state index in [1.807, 2.05) is 48.5 Å². The molecule has 0 aliphatic heterocycles. The fourth-order valence-corrected chi connectivity index (χ4v) is 2.14. The Hall–Kier alpha value is -3.08. The van der Waals surface area contributed by atoms with Crippen molar-refractivity contribution >= 4 is 11.6 Å². The van der Waals surface area contributed by atoms with Crippen LogP contribution in [0.5, 0.6) is 11.5 Å². The molecule has 0 bridgehead atoms. The first-order valence-electron chi connectivity index (χ1n) is 7.35. The number of aromatic nitrogens is 2. The van der Waals surface area contributed by atoms with Crippen molar-refractivity contribution in [2.24, 2.45) is 0 Å². The second-order valence-electron chi connectivity index (χ2n) is 5.09. The molecule has 5 nitrogen and oxygen atoms in total. The summed E-state index contributed by atoms with van der Waals surface area (Å²) in [4.78, 5) is 12.3. The van der Waals surface area contributed by atoms with Gasteiger partial charge in [0.1, 0.15) is 17.5 Å². The zero-order valence-electron chi connectivity index (χ0n) is 12.7. The molecule has 23 heavy (non-hydrogen) atoms. The van der Waals surface area contributed by atoms with Crippen LogP contribution >= 0.6 is 0 Å². The molecular formula is C18H17N3O2. The van der Waals surface area contributed by atoms with Gasteiger partial charge in [-0.1, -0.05) is 24.3 Å². The van der Waals surface area contributed by atoms with Crippen molar-refractivity contribution in [2.45, 2.75) is 13.0 Å². The molecule has 1 aromatic heterocycles. The third-order valence-corrected chi connectivity index (χ3v) is 3.38. The maximum atomic E-state index is 12.3. The molecule has 3 aromatic rings. The van der Waals surface area contributed by atoms with Crippen LogP contribution in [0, 0.1) is 0 Å². The van der Waals surface area contributed by atoms with E-state index in [4.69, 9.17) is 4.74 Å². The SMILES string of the molecule is CC(C(=O)Nc1cccc(Oc2ccccc2)c1)n1cccn1. The monoisotopic (exact) mass is 307 g/mol. The summed E-state index contributed by atoms with van der Waals surface area (Å²) in [5, 5.41) is 6.96. The van der Waals surface area contributed by atoms with E-state index in [0.29, 0.717) is 11.4 Å². The van der Waals surface area contributed by atoms with Gasteiger partial charge in [-0.3, -0.25) is 9.48 Å². The predicted molar refractivity (Wildman–Crippen MR) is 88.5 cm³/mol. The van der Waals surface area contributed by atoms with Gasteiger partial charge in [-0.2, -0.15) is 5.10 Å². The Bertz CT molecular complexity index is 770. The average molecular weight is 307 g/mol. The van der Waals surface area contributed by atoms with E-state index in [0.717, 1.165) is 5.75 Å². The molecule has 0 saturated heterocycles. The molecule has 1 N–H and O–H groups in total. The van der Waals surface area contributed by atoms with Crippen LogP contribution in [0.25, 0.3) is 0 Å². The van der Waals surface area contributed by atoms with E-state index in [2.05, 4.69) is 10.4 Å². The lowest BCUT2D eigenvalue weighted by Crippen LogP contribution is -2.23. The lowest BCUT2D eigenvalue weighted by atomic mass is 10.2. The van der Waals surface area contributed by atoms with Crippen molar-refractivity contribution in [1.82, 2.24) is 9.78 Å². The van der Waals surface area contributed by atoms with Crippen molar-refractivity contribution in [2.75, 3.05) is 5.32 Å². The quantitative estimate of drug-likeness (QED) is 0.778. The molecule has 0 aliphatic carbocycles. The van der Waals surface area contributed by atoms with Crippen molar-refractivity contribution in [3.8, 4) is 11.5 Å². The summed E-state index contributed by atoms with van der Waals surface area (Å²) < 4.78 is 7.38. The number of nitrogens with one attached hydrogen (secondary N) is 1. The summed E-state index contributed by atoms with van der Waals surface area (Å²) in [5.74, 6) is 1.28.